The summed E-state index contributed by atoms with van der Waals surface area (Å²) in [6.07, 6.45) is 15.4. The van der Waals surface area contributed by atoms with Gasteiger partial charge in [0.25, 0.3) is 0 Å². The third-order valence-corrected chi connectivity index (χ3v) is 6.76. The van der Waals surface area contributed by atoms with E-state index in [9.17, 15) is 0 Å². The Labute approximate surface area is 210 Å². The summed E-state index contributed by atoms with van der Waals surface area (Å²) in [6.45, 7) is 6.73. The van der Waals surface area contributed by atoms with Crippen molar-refractivity contribution in [2.75, 3.05) is 0 Å². The smallest absolute Gasteiger partial charge is 0.178 e. The SMILES string of the molecule is Cc1cc2ccccc2c[n+]1CCCCCCCCCC[n+]1cc2ccccc2cc1C.[Br-]. The van der Waals surface area contributed by atoms with Crippen LogP contribution in [0, 0.1) is 13.8 Å². The zero-order valence-corrected chi connectivity index (χ0v) is 21.9. The summed E-state index contributed by atoms with van der Waals surface area (Å²) < 4.78 is 4.85. The molecule has 2 nitrogen and oxygen atoms in total. The Balaban J connectivity index is 0.00000306. The monoisotopic (exact) mass is 505 g/mol. The second kappa shape index (κ2) is 12.8. The molecule has 0 aliphatic carbocycles. The number of hydrogen-bond donors (Lipinski definition) is 0. The number of fused-ring (bicyclic) bond motifs is 2. The van der Waals surface area contributed by atoms with Crippen molar-refractivity contribution in [3.63, 3.8) is 0 Å². The Morgan fingerprint density at radius 2 is 0.818 bits per heavy atom. The van der Waals surface area contributed by atoms with Crippen molar-refractivity contribution in [1.29, 1.82) is 0 Å². The Morgan fingerprint density at radius 1 is 0.485 bits per heavy atom. The maximum Gasteiger partial charge on any atom is 0.178 e. The number of benzene rings is 2. The third kappa shape index (κ3) is 7.11. The lowest BCUT2D eigenvalue weighted by Crippen LogP contribution is -3.00. The summed E-state index contributed by atoms with van der Waals surface area (Å²) in [4.78, 5) is 0. The first kappa shape index (κ1) is 25.4. The fourth-order valence-electron chi connectivity index (χ4n) is 4.78. The quantitative estimate of drug-likeness (QED) is 0.215. The zero-order valence-electron chi connectivity index (χ0n) is 20.3. The number of unbranched alkanes of at least 4 members (excludes halogenated alkanes) is 7. The molecular formula is C30H38BrN2+. The molecule has 4 aromatic rings. The van der Waals surface area contributed by atoms with Crippen LogP contribution < -0.4 is 26.1 Å². The average molecular weight is 507 g/mol. The maximum atomic E-state index is 2.43. The highest BCUT2D eigenvalue weighted by Gasteiger charge is 2.09. The molecule has 0 fully saturated rings. The largest absolute Gasteiger partial charge is 1.00 e. The summed E-state index contributed by atoms with van der Waals surface area (Å²) in [5, 5.41) is 5.37. The lowest BCUT2D eigenvalue weighted by Gasteiger charge is -2.05. The van der Waals surface area contributed by atoms with Gasteiger partial charge < -0.3 is 17.0 Å². The van der Waals surface area contributed by atoms with Gasteiger partial charge in [0.2, 0.25) is 0 Å². The van der Waals surface area contributed by atoms with Crippen molar-refractivity contribution >= 4 is 21.5 Å². The van der Waals surface area contributed by atoms with E-state index < -0.39 is 0 Å². The molecule has 0 radical (unpaired) electrons. The Hall–Kier alpha value is -2.26. The van der Waals surface area contributed by atoms with Gasteiger partial charge in [-0.2, -0.15) is 0 Å². The number of nitrogens with zero attached hydrogens (tertiary/aromatic N) is 2. The van der Waals surface area contributed by atoms with E-state index in [2.05, 4.69) is 96.0 Å². The van der Waals surface area contributed by atoms with Crippen LogP contribution in [0.15, 0.2) is 73.1 Å². The molecule has 4 rings (SSSR count). The second-order valence-electron chi connectivity index (χ2n) is 9.30. The number of rotatable bonds is 11. The van der Waals surface area contributed by atoms with E-state index in [1.54, 1.807) is 0 Å². The van der Waals surface area contributed by atoms with Crippen LogP contribution >= 0.6 is 0 Å². The van der Waals surface area contributed by atoms with Crippen LogP contribution in [0.4, 0.5) is 0 Å². The molecule has 3 heteroatoms. The third-order valence-electron chi connectivity index (χ3n) is 6.76. The van der Waals surface area contributed by atoms with Gasteiger partial charge in [-0.15, -0.1) is 0 Å². The molecule has 0 unspecified atom stereocenters. The molecule has 0 N–H and O–H groups in total. The number of halogens is 1. The Kier molecular flexibility index (Phi) is 9.87. The summed E-state index contributed by atoms with van der Waals surface area (Å²) in [6, 6.07) is 22.0. The minimum atomic E-state index is 0. The van der Waals surface area contributed by atoms with E-state index in [0.29, 0.717) is 0 Å². The fraction of sp³-hybridized carbons (Fsp3) is 0.400. The lowest BCUT2D eigenvalue weighted by molar-refractivity contribution is -0.702. The van der Waals surface area contributed by atoms with Crippen LogP contribution in [0.5, 0.6) is 0 Å². The summed E-state index contributed by atoms with van der Waals surface area (Å²) in [5.74, 6) is 0. The molecule has 174 valence electrons. The number of hydrogen-bond acceptors (Lipinski definition) is 0. The van der Waals surface area contributed by atoms with E-state index >= 15 is 0 Å². The highest BCUT2D eigenvalue weighted by Crippen LogP contribution is 2.14. The first-order valence-electron chi connectivity index (χ1n) is 12.5. The summed E-state index contributed by atoms with van der Waals surface area (Å²) >= 11 is 0. The van der Waals surface area contributed by atoms with E-state index in [0.717, 1.165) is 13.1 Å². The van der Waals surface area contributed by atoms with Gasteiger partial charge in [-0.1, -0.05) is 62.1 Å². The molecule has 2 aromatic carbocycles. The Morgan fingerprint density at radius 3 is 1.21 bits per heavy atom. The maximum absolute atomic E-state index is 2.43. The van der Waals surface area contributed by atoms with Gasteiger partial charge in [-0.3, -0.25) is 0 Å². The highest BCUT2D eigenvalue weighted by atomic mass is 79.9. The molecule has 0 spiro atoms. The highest BCUT2D eigenvalue weighted by molar-refractivity contribution is 5.81. The molecule has 0 atom stereocenters. The van der Waals surface area contributed by atoms with Gasteiger partial charge >= 0.3 is 0 Å². The molecule has 0 amide bonds. The molecule has 0 aliphatic heterocycles. The Bertz CT molecular complexity index is 1080. The van der Waals surface area contributed by atoms with Crippen molar-refractivity contribution < 1.29 is 26.1 Å². The first-order valence-corrected chi connectivity index (χ1v) is 12.5. The fourth-order valence-corrected chi connectivity index (χ4v) is 4.78. The number of aromatic nitrogens is 2. The van der Waals surface area contributed by atoms with E-state index in [-0.39, 0.29) is 17.0 Å². The second-order valence-corrected chi connectivity index (χ2v) is 9.30. The van der Waals surface area contributed by atoms with Gasteiger partial charge in [0.05, 0.1) is 0 Å². The molecule has 0 aliphatic rings. The van der Waals surface area contributed by atoms with Crippen molar-refractivity contribution in [2.24, 2.45) is 0 Å². The standard InChI is InChI=1S/C30H38N2.BrH/c1-25-21-27-15-9-11-17-29(27)23-31(25)19-13-7-5-3-4-6-8-14-20-32-24-30-18-12-10-16-28(30)22-26(32)2;/h9-12,15-18,21-24H,3-8,13-14,19-20H2,1-2H3;1H/q+2;/p-1. The zero-order chi connectivity index (χ0) is 22.2. The normalized spacial score (nSPS) is 11.1. The molecule has 2 aromatic heterocycles. The van der Waals surface area contributed by atoms with Gasteiger partial charge in [-0.25, -0.2) is 9.13 Å². The predicted molar refractivity (Wildman–Crippen MR) is 135 cm³/mol. The summed E-state index contributed by atoms with van der Waals surface area (Å²) in [5.41, 5.74) is 2.73. The summed E-state index contributed by atoms with van der Waals surface area (Å²) in [7, 11) is 0. The number of aryl methyl sites for hydroxylation is 4. The van der Waals surface area contributed by atoms with Gasteiger partial charge in [0.1, 0.15) is 13.1 Å². The van der Waals surface area contributed by atoms with Crippen LogP contribution in [0.25, 0.3) is 21.5 Å². The van der Waals surface area contributed by atoms with E-state index in [1.165, 1.54) is 84.3 Å². The average Bonchev–Trinajstić information content (AvgIpc) is 2.80. The van der Waals surface area contributed by atoms with Gasteiger partial charge in [0, 0.05) is 49.6 Å². The molecule has 33 heavy (non-hydrogen) atoms. The van der Waals surface area contributed by atoms with Crippen molar-refractivity contribution in [3.05, 3.63) is 84.4 Å². The molecule has 0 bridgehead atoms. The topological polar surface area (TPSA) is 7.76 Å². The van der Waals surface area contributed by atoms with E-state index in [1.807, 2.05) is 0 Å². The van der Waals surface area contributed by atoms with E-state index in [4.69, 9.17) is 0 Å². The van der Waals surface area contributed by atoms with Crippen molar-refractivity contribution in [3.8, 4) is 0 Å². The molecule has 2 heterocycles. The first-order chi connectivity index (χ1) is 15.7. The molecule has 0 saturated carbocycles. The minimum Gasteiger partial charge on any atom is -1.00 e. The number of pyridine rings is 2. The van der Waals surface area contributed by atoms with Gasteiger partial charge in [-0.05, 0) is 35.7 Å². The van der Waals surface area contributed by atoms with Crippen LogP contribution in [0.1, 0.15) is 62.8 Å². The lowest BCUT2D eigenvalue weighted by atomic mass is 10.1. The van der Waals surface area contributed by atoms with Crippen molar-refractivity contribution in [1.82, 2.24) is 0 Å². The van der Waals surface area contributed by atoms with Crippen molar-refractivity contribution in [2.45, 2.75) is 78.3 Å². The molecular weight excluding hydrogens is 468 g/mol. The van der Waals surface area contributed by atoms with Crippen LogP contribution in [-0.4, -0.2) is 0 Å². The van der Waals surface area contributed by atoms with Crippen LogP contribution in [0.3, 0.4) is 0 Å². The minimum absolute atomic E-state index is 0. The predicted octanol–water partition coefficient (Wildman–Crippen LogP) is 4.01. The van der Waals surface area contributed by atoms with Gasteiger partial charge in [0.15, 0.2) is 23.8 Å². The van der Waals surface area contributed by atoms with Crippen LogP contribution in [-0.2, 0) is 13.1 Å². The molecule has 0 saturated heterocycles. The van der Waals surface area contributed by atoms with Crippen LogP contribution in [0.2, 0.25) is 0 Å².